The van der Waals surface area contributed by atoms with E-state index in [1.165, 1.54) is 7.11 Å². The highest BCUT2D eigenvalue weighted by molar-refractivity contribution is 5.86. The molecular formula is C21H27N3O4. The van der Waals surface area contributed by atoms with Gasteiger partial charge in [-0.25, -0.2) is 0 Å². The Morgan fingerprint density at radius 2 is 2.07 bits per heavy atom. The Hall–Kier alpha value is -2.67. The highest BCUT2D eigenvalue weighted by atomic mass is 16.5. The van der Waals surface area contributed by atoms with Crippen LogP contribution >= 0.6 is 0 Å². The lowest BCUT2D eigenvalue weighted by molar-refractivity contribution is -0.152. The van der Waals surface area contributed by atoms with Crippen LogP contribution in [0.5, 0.6) is 0 Å². The molecule has 0 radical (unpaired) electrons. The zero-order valence-electron chi connectivity index (χ0n) is 17.0. The number of nitrogens with zero attached hydrogens (tertiary/aromatic N) is 2. The quantitative estimate of drug-likeness (QED) is 0.796. The first-order valence-corrected chi connectivity index (χ1v) is 9.34. The molecule has 2 heterocycles. The standard InChI is InChI=1S/C21H27N3O4/c1-13-8-6-7-9-16(13)18-17(11-21(3,24(18)4)20(26)27-5)19(25)22-12-15-10-14(2)28-23-15/h6-10,17-18H,11-12H2,1-5H3,(H,22,25)/t17-,18-,21-/m0/s1. The second kappa shape index (κ2) is 7.75. The summed E-state index contributed by atoms with van der Waals surface area (Å²) in [6.07, 6.45) is 0.374. The number of aromatic nitrogens is 1. The van der Waals surface area contributed by atoms with E-state index in [-0.39, 0.29) is 24.5 Å². The molecule has 3 atom stereocenters. The molecule has 1 fully saturated rings. The van der Waals surface area contributed by atoms with Gasteiger partial charge in [-0.05, 0) is 45.4 Å². The fourth-order valence-electron chi connectivity index (χ4n) is 4.10. The van der Waals surface area contributed by atoms with Crippen molar-refractivity contribution in [2.24, 2.45) is 5.92 Å². The Bertz CT molecular complexity index is 878. The summed E-state index contributed by atoms with van der Waals surface area (Å²) in [5.74, 6) is -0.159. The fourth-order valence-corrected chi connectivity index (χ4v) is 4.10. The van der Waals surface area contributed by atoms with Crippen LogP contribution in [-0.2, 0) is 20.9 Å². The van der Waals surface area contributed by atoms with Gasteiger partial charge in [0.1, 0.15) is 17.0 Å². The molecule has 7 heteroatoms. The fraction of sp³-hybridized carbons (Fsp3) is 0.476. The molecule has 0 spiro atoms. The molecule has 1 aliphatic rings. The van der Waals surface area contributed by atoms with E-state index in [1.807, 2.05) is 50.1 Å². The lowest BCUT2D eigenvalue weighted by Crippen LogP contribution is -2.47. The summed E-state index contributed by atoms with van der Waals surface area (Å²) in [6.45, 7) is 5.94. The first-order chi connectivity index (χ1) is 13.3. The highest BCUT2D eigenvalue weighted by Gasteiger charge is 2.55. The van der Waals surface area contributed by atoms with Gasteiger partial charge in [0, 0.05) is 12.1 Å². The van der Waals surface area contributed by atoms with Crippen LogP contribution in [0.3, 0.4) is 0 Å². The molecule has 28 heavy (non-hydrogen) atoms. The summed E-state index contributed by atoms with van der Waals surface area (Å²) in [7, 11) is 3.26. The third-order valence-corrected chi connectivity index (χ3v) is 5.78. The van der Waals surface area contributed by atoms with Crippen molar-refractivity contribution in [1.29, 1.82) is 0 Å². The van der Waals surface area contributed by atoms with Gasteiger partial charge in [-0.1, -0.05) is 29.4 Å². The average Bonchev–Trinajstić information content (AvgIpc) is 3.21. The summed E-state index contributed by atoms with van der Waals surface area (Å²) >= 11 is 0. The Balaban J connectivity index is 1.90. The molecule has 0 saturated carbocycles. The molecule has 1 aromatic carbocycles. The predicted octanol–water partition coefficient (Wildman–Crippen LogP) is 2.53. The predicted molar refractivity (Wildman–Crippen MR) is 103 cm³/mol. The second-order valence-corrected chi connectivity index (χ2v) is 7.64. The Morgan fingerprint density at radius 3 is 2.68 bits per heavy atom. The first kappa shape index (κ1) is 20.1. The molecule has 1 aliphatic heterocycles. The summed E-state index contributed by atoms with van der Waals surface area (Å²) in [5.41, 5.74) is 1.91. The zero-order chi connectivity index (χ0) is 20.5. The van der Waals surface area contributed by atoms with Crippen LogP contribution in [0.25, 0.3) is 0 Å². The van der Waals surface area contributed by atoms with E-state index in [0.717, 1.165) is 11.1 Å². The van der Waals surface area contributed by atoms with Crippen molar-refractivity contribution in [3.63, 3.8) is 0 Å². The lowest BCUT2D eigenvalue weighted by Gasteiger charge is -2.33. The summed E-state index contributed by atoms with van der Waals surface area (Å²) in [6, 6.07) is 9.51. The molecule has 150 valence electrons. The minimum atomic E-state index is -0.881. The SMILES string of the molecule is COC(=O)[C@]1(C)C[C@H](C(=O)NCc2cc(C)on2)[C@H](c2ccccc2C)N1C. The first-order valence-electron chi connectivity index (χ1n) is 9.34. The number of hydrogen-bond acceptors (Lipinski definition) is 6. The summed E-state index contributed by atoms with van der Waals surface area (Å²) in [5, 5.41) is 6.86. The third-order valence-electron chi connectivity index (χ3n) is 5.78. The number of amides is 1. The Kier molecular flexibility index (Phi) is 5.56. The van der Waals surface area contributed by atoms with Crippen molar-refractivity contribution in [2.75, 3.05) is 14.2 Å². The molecule has 1 aromatic heterocycles. The van der Waals surface area contributed by atoms with Crippen LogP contribution in [0, 0.1) is 19.8 Å². The van der Waals surface area contributed by atoms with Gasteiger partial charge < -0.3 is 14.6 Å². The van der Waals surface area contributed by atoms with Crippen LogP contribution in [0.2, 0.25) is 0 Å². The molecule has 2 aromatic rings. The smallest absolute Gasteiger partial charge is 0.326 e. The molecule has 0 unspecified atom stereocenters. The van der Waals surface area contributed by atoms with E-state index < -0.39 is 11.5 Å². The number of methoxy groups -OCH3 is 1. The number of likely N-dealkylation sites (tertiary alicyclic amines) is 1. The summed E-state index contributed by atoms with van der Waals surface area (Å²) < 4.78 is 10.1. The van der Waals surface area contributed by atoms with Crippen molar-refractivity contribution in [1.82, 2.24) is 15.4 Å². The normalized spacial score (nSPS) is 24.9. The second-order valence-electron chi connectivity index (χ2n) is 7.64. The number of carbonyl (C=O) groups excluding carboxylic acids is 2. The zero-order valence-corrected chi connectivity index (χ0v) is 17.0. The molecule has 7 nitrogen and oxygen atoms in total. The minimum absolute atomic E-state index is 0.117. The maximum Gasteiger partial charge on any atom is 0.326 e. The molecule has 0 bridgehead atoms. The van der Waals surface area contributed by atoms with Gasteiger partial charge in [-0.3, -0.25) is 14.5 Å². The van der Waals surface area contributed by atoms with Gasteiger partial charge in [0.05, 0.1) is 19.6 Å². The molecule has 1 N–H and O–H groups in total. The maximum atomic E-state index is 13.1. The van der Waals surface area contributed by atoms with E-state index in [2.05, 4.69) is 10.5 Å². The van der Waals surface area contributed by atoms with E-state index >= 15 is 0 Å². The van der Waals surface area contributed by atoms with Gasteiger partial charge in [-0.15, -0.1) is 0 Å². The number of hydrogen-bond donors (Lipinski definition) is 1. The monoisotopic (exact) mass is 385 g/mol. The summed E-state index contributed by atoms with van der Waals surface area (Å²) in [4.78, 5) is 27.6. The number of benzene rings is 1. The van der Waals surface area contributed by atoms with Gasteiger partial charge in [-0.2, -0.15) is 0 Å². The molecule has 0 aliphatic carbocycles. The Morgan fingerprint density at radius 1 is 1.36 bits per heavy atom. The van der Waals surface area contributed by atoms with Crippen molar-refractivity contribution in [3.05, 3.63) is 52.9 Å². The topological polar surface area (TPSA) is 84.7 Å². The van der Waals surface area contributed by atoms with Crippen molar-refractivity contribution in [3.8, 4) is 0 Å². The largest absolute Gasteiger partial charge is 0.468 e. The minimum Gasteiger partial charge on any atom is -0.468 e. The molecular weight excluding hydrogens is 358 g/mol. The highest BCUT2D eigenvalue weighted by Crippen LogP contribution is 2.47. The number of carbonyl (C=O) groups is 2. The Labute approximate surface area is 165 Å². The number of ether oxygens (including phenoxy) is 1. The van der Waals surface area contributed by atoms with Crippen molar-refractivity contribution in [2.45, 2.75) is 45.3 Å². The molecule has 3 rings (SSSR count). The lowest BCUT2D eigenvalue weighted by atomic mass is 9.88. The van der Waals surface area contributed by atoms with E-state index in [0.29, 0.717) is 17.9 Å². The van der Waals surface area contributed by atoms with E-state index in [4.69, 9.17) is 9.26 Å². The number of aryl methyl sites for hydroxylation is 2. The van der Waals surface area contributed by atoms with Gasteiger partial charge in [0.25, 0.3) is 0 Å². The maximum absolute atomic E-state index is 13.1. The number of esters is 1. The van der Waals surface area contributed by atoms with E-state index in [1.54, 1.807) is 13.0 Å². The van der Waals surface area contributed by atoms with Crippen molar-refractivity contribution < 1.29 is 18.8 Å². The average molecular weight is 385 g/mol. The van der Waals surface area contributed by atoms with Gasteiger partial charge in [0.15, 0.2) is 0 Å². The van der Waals surface area contributed by atoms with Crippen LogP contribution < -0.4 is 5.32 Å². The third kappa shape index (κ3) is 3.54. The van der Waals surface area contributed by atoms with Crippen LogP contribution in [0.15, 0.2) is 34.9 Å². The number of rotatable bonds is 5. The van der Waals surface area contributed by atoms with Crippen molar-refractivity contribution >= 4 is 11.9 Å². The molecule has 1 amide bonds. The van der Waals surface area contributed by atoms with Crippen LogP contribution in [0.4, 0.5) is 0 Å². The van der Waals surface area contributed by atoms with Gasteiger partial charge in [0.2, 0.25) is 5.91 Å². The van der Waals surface area contributed by atoms with E-state index in [9.17, 15) is 9.59 Å². The van der Waals surface area contributed by atoms with Gasteiger partial charge >= 0.3 is 5.97 Å². The number of nitrogens with one attached hydrogen (secondary N) is 1. The van der Waals surface area contributed by atoms with Crippen LogP contribution in [-0.4, -0.2) is 41.6 Å². The molecule has 1 saturated heterocycles. The number of likely N-dealkylation sites (N-methyl/N-ethyl adjacent to an activating group) is 1. The van der Waals surface area contributed by atoms with Crippen LogP contribution in [0.1, 0.15) is 42.0 Å².